The zero-order valence-electron chi connectivity index (χ0n) is 13.7. The molecule has 22 heavy (non-hydrogen) atoms. The van der Waals surface area contributed by atoms with Crippen LogP contribution in [0.3, 0.4) is 0 Å². The molecule has 0 unspecified atom stereocenters. The lowest BCUT2D eigenvalue weighted by Gasteiger charge is -2.17. The van der Waals surface area contributed by atoms with Gasteiger partial charge in [0.05, 0.1) is 6.54 Å². The number of aryl methyl sites for hydroxylation is 1. The Morgan fingerprint density at radius 2 is 1.77 bits per heavy atom. The average Bonchev–Trinajstić information content (AvgIpc) is 2.49. The number of carbonyl (C=O) groups excluding carboxylic acids is 2. The van der Waals surface area contributed by atoms with E-state index in [1.807, 2.05) is 39.0 Å². The number of nitrogens with one attached hydrogen (secondary N) is 2. The first-order chi connectivity index (χ1) is 10.4. The first-order valence-electron chi connectivity index (χ1n) is 7.15. The maximum absolute atomic E-state index is 12.0. The zero-order chi connectivity index (χ0) is 16.7. The van der Waals surface area contributed by atoms with Crippen LogP contribution >= 0.6 is 0 Å². The molecule has 0 aliphatic carbocycles. The van der Waals surface area contributed by atoms with Gasteiger partial charge in [-0.05, 0) is 24.0 Å². The maximum atomic E-state index is 12.0. The number of anilines is 1. The molecule has 0 radical (unpaired) electrons. The molecule has 2 amide bonds. The van der Waals surface area contributed by atoms with E-state index in [1.165, 1.54) is 14.2 Å². The molecule has 1 aromatic rings. The van der Waals surface area contributed by atoms with Gasteiger partial charge in [-0.2, -0.15) is 0 Å². The standard InChI is InChI=1S/C16H24N2O4/c1-10(2)12-8-6-7-11(3)14(12)18-16(20)15(19)17-9-13(21-4)22-5/h6-8,10,13H,9H2,1-5H3,(H,17,19)(H,18,20). The van der Waals surface area contributed by atoms with E-state index >= 15 is 0 Å². The molecule has 1 aromatic carbocycles. The molecule has 0 saturated carbocycles. The van der Waals surface area contributed by atoms with Crippen molar-refractivity contribution in [3.8, 4) is 0 Å². The third-order valence-corrected chi connectivity index (χ3v) is 3.33. The van der Waals surface area contributed by atoms with Crippen molar-refractivity contribution in [2.24, 2.45) is 0 Å². The molecule has 0 aliphatic heterocycles. The van der Waals surface area contributed by atoms with Crippen LogP contribution in [0.5, 0.6) is 0 Å². The Morgan fingerprint density at radius 1 is 1.14 bits per heavy atom. The second-order valence-corrected chi connectivity index (χ2v) is 5.26. The first kappa shape index (κ1) is 18.1. The summed E-state index contributed by atoms with van der Waals surface area (Å²) in [4.78, 5) is 23.9. The molecule has 0 aliphatic rings. The molecule has 122 valence electrons. The summed E-state index contributed by atoms with van der Waals surface area (Å²) in [5.41, 5.74) is 2.60. The lowest BCUT2D eigenvalue weighted by Crippen LogP contribution is -2.40. The lowest BCUT2D eigenvalue weighted by molar-refractivity contribution is -0.139. The van der Waals surface area contributed by atoms with Gasteiger partial charge in [0, 0.05) is 19.9 Å². The number of rotatable bonds is 6. The van der Waals surface area contributed by atoms with Gasteiger partial charge >= 0.3 is 11.8 Å². The highest BCUT2D eigenvalue weighted by Crippen LogP contribution is 2.27. The topological polar surface area (TPSA) is 76.7 Å². The number of amides is 2. The predicted octanol–water partition coefficient (Wildman–Crippen LogP) is 1.79. The molecule has 2 N–H and O–H groups in total. The van der Waals surface area contributed by atoms with E-state index < -0.39 is 18.1 Å². The van der Waals surface area contributed by atoms with Gasteiger partial charge in [0.2, 0.25) is 0 Å². The van der Waals surface area contributed by atoms with Crippen LogP contribution in [0.4, 0.5) is 5.69 Å². The summed E-state index contributed by atoms with van der Waals surface area (Å²) in [6.45, 7) is 6.06. The molecule has 6 heteroatoms. The molecule has 1 rings (SSSR count). The average molecular weight is 308 g/mol. The van der Waals surface area contributed by atoms with E-state index in [0.29, 0.717) is 5.69 Å². The van der Waals surface area contributed by atoms with Gasteiger partial charge in [0.25, 0.3) is 0 Å². The van der Waals surface area contributed by atoms with E-state index in [2.05, 4.69) is 10.6 Å². The summed E-state index contributed by atoms with van der Waals surface area (Å²) in [6, 6.07) is 5.77. The third-order valence-electron chi connectivity index (χ3n) is 3.33. The highest BCUT2D eigenvalue weighted by atomic mass is 16.7. The summed E-state index contributed by atoms with van der Waals surface area (Å²) in [6.07, 6.45) is -0.582. The first-order valence-corrected chi connectivity index (χ1v) is 7.15. The monoisotopic (exact) mass is 308 g/mol. The molecule has 0 atom stereocenters. The van der Waals surface area contributed by atoms with Crippen molar-refractivity contribution in [2.75, 3.05) is 26.1 Å². The van der Waals surface area contributed by atoms with E-state index in [1.54, 1.807) is 0 Å². The summed E-state index contributed by atoms with van der Waals surface area (Å²) in [7, 11) is 2.92. The van der Waals surface area contributed by atoms with Crippen molar-refractivity contribution in [1.82, 2.24) is 5.32 Å². The van der Waals surface area contributed by atoms with Crippen LogP contribution < -0.4 is 10.6 Å². The minimum atomic E-state index is -0.725. The molecule has 0 bridgehead atoms. The highest BCUT2D eigenvalue weighted by molar-refractivity contribution is 6.39. The molecule has 0 aromatic heterocycles. The number of carbonyl (C=O) groups is 2. The second kappa shape index (κ2) is 8.51. The fourth-order valence-corrected chi connectivity index (χ4v) is 2.03. The van der Waals surface area contributed by atoms with Gasteiger partial charge in [0.15, 0.2) is 6.29 Å². The van der Waals surface area contributed by atoms with Gasteiger partial charge in [-0.1, -0.05) is 32.0 Å². The van der Waals surface area contributed by atoms with Gasteiger partial charge in [-0.15, -0.1) is 0 Å². The van der Waals surface area contributed by atoms with E-state index in [0.717, 1.165) is 11.1 Å². The van der Waals surface area contributed by atoms with Crippen molar-refractivity contribution in [2.45, 2.75) is 33.0 Å². The minimum absolute atomic E-state index is 0.101. The maximum Gasteiger partial charge on any atom is 0.313 e. The number of methoxy groups -OCH3 is 2. The fraction of sp³-hybridized carbons (Fsp3) is 0.500. The molecule has 0 spiro atoms. The number of hydrogen-bond acceptors (Lipinski definition) is 4. The van der Waals surface area contributed by atoms with Crippen LogP contribution in [0.15, 0.2) is 18.2 Å². The van der Waals surface area contributed by atoms with Crippen molar-refractivity contribution >= 4 is 17.5 Å². The zero-order valence-corrected chi connectivity index (χ0v) is 13.7. The summed E-state index contributed by atoms with van der Waals surface area (Å²) in [5, 5.41) is 5.16. The number of para-hydroxylation sites is 1. The van der Waals surface area contributed by atoms with Crippen molar-refractivity contribution in [1.29, 1.82) is 0 Å². The van der Waals surface area contributed by atoms with Gasteiger partial charge in [0.1, 0.15) is 0 Å². The molecule has 0 fully saturated rings. The Labute approximate surface area is 131 Å². The normalized spacial score (nSPS) is 10.9. The molecule has 0 heterocycles. The van der Waals surface area contributed by atoms with Crippen LogP contribution in [-0.4, -0.2) is 38.9 Å². The Hall–Kier alpha value is -1.92. The Morgan fingerprint density at radius 3 is 2.32 bits per heavy atom. The predicted molar refractivity (Wildman–Crippen MR) is 84.7 cm³/mol. The molecule has 6 nitrogen and oxygen atoms in total. The van der Waals surface area contributed by atoms with Gasteiger partial charge in [-0.3, -0.25) is 9.59 Å². The van der Waals surface area contributed by atoms with Crippen molar-refractivity contribution < 1.29 is 19.1 Å². The van der Waals surface area contributed by atoms with Crippen LogP contribution in [0.25, 0.3) is 0 Å². The van der Waals surface area contributed by atoms with Gasteiger partial charge < -0.3 is 20.1 Å². The van der Waals surface area contributed by atoms with Crippen LogP contribution in [-0.2, 0) is 19.1 Å². The summed E-state index contributed by atoms with van der Waals surface area (Å²) < 4.78 is 9.90. The number of hydrogen-bond donors (Lipinski definition) is 2. The molecular weight excluding hydrogens is 284 g/mol. The SMILES string of the molecule is COC(CNC(=O)C(=O)Nc1c(C)cccc1C(C)C)OC. The second-order valence-electron chi connectivity index (χ2n) is 5.26. The van der Waals surface area contributed by atoms with E-state index in [-0.39, 0.29) is 12.5 Å². The highest BCUT2D eigenvalue weighted by Gasteiger charge is 2.18. The quantitative estimate of drug-likeness (QED) is 0.620. The third kappa shape index (κ3) is 4.82. The molecular formula is C16H24N2O4. The van der Waals surface area contributed by atoms with Crippen LogP contribution in [0, 0.1) is 6.92 Å². The Bertz CT molecular complexity index is 525. The van der Waals surface area contributed by atoms with Crippen molar-refractivity contribution in [3.63, 3.8) is 0 Å². The number of ether oxygens (including phenoxy) is 2. The Kier molecular flexibility index (Phi) is 7.01. The number of benzene rings is 1. The molecule has 0 saturated heterocycles. The van der Waals surface area contributed by atoms with E-state index in [4.69, 9.17) is 9.47 Å². The smallest absolute Gasteiger partial charge is 0.313 e. The van der Waals surface area contributed by atoms with Crippen LogP contribution in [0.2, 0.25) is 0 Å². The fourth-order valence-electron chi connectivity index (χ4n) is 2.03. The van der Waals surface area contributed by atoms with E-state index in [9.17, 15) is 9.59 Å². The largest absolute Gasteiger partial charge is 0.354 e. The van der Waals surface area contributed by atoms with Crippen LogP contribution in [0.1, 0.15) is 30.9 Å². The summed E-state index contributed by atoms with van der Waals surface area (Å²) in [5.74, 6) is -1.19. The van der Waals surface area contributed by atoms with Crippen molar-refractivity contribution in [3.05, 3.63) is 29.3 Å². The van der Waals surface area contributed by atoms with Gasteiger partial charge in [-0.25, -0.2) is 0 Å². The minimum Gasteiger partial charge on any atom is -0.354 e. The Balaban J connectivity index is 2.75. The summed E-state index contributed by atoms with van der Waals surface area (Å²) >= 11 is 0. The lowest BCUT2D eigenvalue weighted by atomic mass is 9.98.